The molecule has 0 fully saturated rings. The molecule has 0 unspecified atom stereocenters. The molecule has 2 heterocycles. The Balaban J connectivity index is 1.90. The SMILES string of the molecule is O=C(c1cc(Br)ccc1Cl)N(Cc1ccccn1)Cc1ccco1. The van der Waals surface area contributed by atoms with Crippen LogP contribution in [0.15, 0.2) is 69.9 Å². The predicted molar refractivity (Wildman–Crippen MR) is 95.7 cm³/mol. The van der Waals surface area contributed by atoms with Crippen molar-refractivity contribution in [3.8, 4) is 0 Å². The summed E-state index contributed by atoms with van der Waals surface area (Å²) in [5.41, 5.74) is 1.23. The van der Waals surface area contributed by atoms with Crippen LogP contribution in [0.3, 0.4) is 0 Å². The first-order valence-electron chi connectivity index (χ1n) is 7.30. The second-order valence-corrected chi connectivity index (χ2v) is 6.51. The number of nitrogens with zero attached hydrogens (tertiary/aromatic N) is 2. The van der Waals surface area contributed by atoms with E-state index in [4.69, 9.17) is 16.0 Å². The van der Waals surface area contributed by atoms with Crippen molar-refractivity contribution >= 4 is 33.4 Å². The Labute approximate surface area is 153 Å². The molecule has 6 heteroatoms. The first kappa shape index (κ1) is 16.7. The van der Waals surface area contributed by atoms with Crippen molar-refractivity contribution in [2.24, 2.45) is 0 Å². The van der Waals surface area contributed by atoms with E-state index >= 15 is 0 Å². The molecule has 0 aliphatic carbocycles. The third kappa shape index (κ3) is 4.04. The van der Waals surface area contributed by atoms with Gasteiger partial charge in [-0.1, -0.05) is 33.6 Å². The second kappa shape index (κ2) is 7.64. The topological polar surface area (TPSA) is 46.3 Å². The molecular weight excluding hydrogens is 392 g/mol. The largest absolute Gasteiger partial charge is 0.467 e. The summed E-state index contributed by atoms with van der Waals surface area (Å²) >= 11 is 9.59. The molecule has 3 rings (SSSR count). The van der Waals surface area contributed by atoms with Gasteiger partial charge in [-0.15, -0.1) is 0 Å². The number of carbonyl (C=O) groups is 1. The summed E-state index contributed by atoms with van der Waals surface area (Å²) in [5.74, 6) is 0.522. The number of rotatable bonds is 5. The van der Waals surface area contributed by atoms with E-state index in [1.54, 1.807) is 41.6 Å². The van der Waals surface area contributed by atoms with E-state index in [2.05, 4.69) is 20.9 Å². The van der Waals surface area contributed by atoms with Gasteiger partial charge in [0.05, 0.1) is 35.6 Å². The molecule has 1 amide bonds. The summed E-state index contributed by atoms with van der Waals surface area (Å²) in [6.07, 6.45) is 3.29. The molecular formula is C18H14BrClN2O2. The number of carbonyl (C=O) groups excluding carboxylic acids is 1. The van der Waals surface area contributed by atoms with Crippen LogP contribution in [-0.4, -0.2) is 15.8 Å². The van der Waals surface area contributed by atoms with E-state index in [1.807, 2.05) is 24.3 Å². The molecule has 0 N–H and O–H groups in total. The van der Waals surface area contributed by atoms with Crippen molar-refractivity contribution < 1.29 is 9.21 Å². The van der Waals surface area contributed by atoms with Gasteiger partial charge < -0.3 is 9.32 Å². The average molecular weight is 406 g/mol. The van der Waals surface area contributed by atoms with Crippen LogP contribution in [0.4, 0.5) is 0 Å². The van der Waals surface area contributed by atoms with Gasteiger partial charge >= 0.3 is 0 Å². The molecule has 0 saturated heterocycles. The Bertz CT molecular complexity index is 822. The Morgan fingerprint density at radius 1 is 1.17 bits per heavy atom. The van der Waals surface area contributed by atoms with E-state index in [-0.39, 0.29) is 5.91 Å². The summed E-state index contributed by atoms with van der Waals surface area (Å²) in [5, 5.41) is 0.411. The van der Waals surface area contributed by atoms with Crippen LogP contribution in [0.1, 0.15) is 21.8 Å². The maximum absolute atomic E-state index is 13.0. The standard InChI is InChI=1S/C18H14BrClN2O2/c19-13-6-7-17(20)16(10-13)18(23)22(12-15-5-3-9-24-15)11-14-4-1-2-8-21-14/h1-10H,11-12H2. The Morgan fingerprint density at radius 2 is 2.04 bits per heavy atom. The minimum atomic E-state index is -0.177. The van der Waals surface area contributed by atoms with Crippen LogP contribution in [-0.2, 0) is 13.1 Å². The molecule has 0 bridgehead atoms. The minimum absolute atomic E-state index is 0.177. The van der Waals surface area contributed by atoms with Gasteiger partial charge in [-0.25, -0.2) is 0 Å². The zero-order valence-corrected chi connectivity index (χ0v) is 15.0. The highest BCUT2D eigenvalue weighted by molar-refractivity contribution is 9.10. The van der Waals surface area contributed by atoms with E-state index in [0.29, 0.717) is 29.4 Å². The van der Waals surface area contributed by atoms with E-state index in [9.17, 15) is 4.79 Å². The lowest BCUT2D eigenvalue weighted by molar-refractivity contribution is 0.0715. The van der Waals surface area contributed by atoms with Gasteiger partial charge in [-0.2, -0.15) is 0 Å². The summed E-state index contributed by atoms with van der Waals surface area (Å²) < 4.78 is 6.18. The van der Waals surface area contributed by atoms with Crippen molar-refractivity contribution in [3.05, 3.63) is 87.5 Å². The number of furan rings is 1. The summed E-state index contributed by atoms with van der Waals surface area (Å²) in [6, 6.07) is 14.5. The molecule has 3 aromatic rings. The number of hydrogen-bond acceptors (Lipinski definition) is 3. The molecule has 0 radical (unpaired) electrons. The van der Waals surface area contributed by atoms with Crippen molar-refractivity contribution in [3.63, 3.8) is 0 Å². The van der Waals surface area contributed by atoms with Crippen LogP contribution in [0, 0.1) is 0 Å². The van der Waals surface area contributed by atoms with Gasteiger partial charge in [0, 0.05) is 10.7 Å². The number of aromatic nitrogens is 1. The molecule has 1 aromatic carbocycles. The number of halogens is 2. The fourth-order valence-electron chi connectivity index (χ4n) is 2.31. The number of benzene rings is 1. The van der Waals surface area contributed by atoms with E-state index in [1.165, 1.54) is 0 Å². The minimum Gasteiger partial charge on any atom is -0.467 e. The summed E-state index contributed by atoms with van der Waals surface area (Å²) in [6.45, 7) is 0.703. The van der Waals surface area contributed by atoms with Crippen molar-refractivity contribution in [1.29, 1.82) is 0 Å². The van der Waals surface area contributed by atoms with Gasteiger partial charge in [0.1, 0.15) is 5.76 Å². The smallest absolute Gasteiger partial charge is 0.256 e. The third-order valence-corrected chi connectivity index (χ3v) is 4.27. The average Bonchev–Trinajstić information content (AvgIpc) is 3.10. The number of hydrogen-bond donors (Lipinski definition) is 0. The molecule has 0 aliphatic rings. The van der Waals surface area contributed by atoms with Crippen LogP contribution < -0.4 is 0 Å². The van der Waals surface area contributed by atoms with Crippen LogP contribution >= 0.6 is 27.5 Å². The van der Waals surface area contributed by atoms with Crippen molar-refractivity contribution in [2.45, 2.75) is 13.1 Å². The van der Waals surface area contributed by atoms with Crippen LogP contribution in [0.5, 0.6) is 0 Å². The molecule has 0 atom stereocenters. The Hall–Kier alpha value is -2.11. The van der Waals surface area contributed by atoms with Crippen molar-refractivity contribution in [2.75, 3.05) is 0 Å². The Kier molecular flexibility index (Phi) is 5.33. The predicted octanol–water partition coefficient (Wildman–Crippen LogP) is 4.93. The first-order valence-corrected chi connectivity index (χ1v) is 8.47. The lowest BCUT2D eigenvalue weighted by Gasteiger charge is -2.22. The van der Waals surface area contributed by atoms with Gasteiger partial charge in [-0.05, 0) is 42.5 Å². The van der Waals surface area contributed by atoms with Gasteiger partial charge in [0.25, 0.3) is 5.91 Å². The zero-order valence-electron chi connectivity index (χ0n) is 12.7. The molecule has 2 aromatic heterocycles. The van der Waals surface area contributed by atoms with E-state index in [0.717, 1.165) is 10.2 Å². The normalized spacial score (nSPS) is 10.6. The van der Waals surface area contributed by atoms with Gasteiger partial charge in [0.15, 0.2) is 0 Å². The highest BCUT2D eigenvalue weighted by atomic mass is 79.9. The maximum atomic E-state index is 13.0. The monoisotopic (exact) mass is 404 g/mol. The van der Waals surface area contributed by atoms with Crippen molar-refractivity contribution in [1.82, 2.24) is 9.88 Å². The first-order chi connectivity index (χ1) is 11.6. The van der Waals surface area contributed by atoms with Crippen LogP contribution in [0.25, 0.3) is 0 Å². The maximum Gasteiger partial charge on any atom is 0.256 e. The zero-order chi connectivity index (χ0) is 16.9. The second-order valence-electron chi connectivity index (χ2n) is 5.19. The fourth-order valence-corrected chi connectivity index (χ4v) is 2.87. The summed E-state index contributed by atoms with van der Waals surface area (Å²) in [4.78, 5) is 19.0. The number of amides is 1. The molecule has 4 nitrogen and oxygen atoms in total. The highest BCUT2D eigenvalue weighted by Gasteiger charge is 2.21. The molecule has 0 aliphatic heterocycles. The number of pyridine rings is 1. The van der Waals surface area contributed by atoms with Gasteiger partial charge in [-0.3, -0.25) is 9.78 Å². The van der Waals surface area contributed by atoms with E-state index < -0.39 is 0 Å². The van der Waals surface area contributed by atoms with Crippen LogP contribution in [0.2, 0.25) is 5.02 Å². The quantitative estimate of drug-likeness (QED) is 0.604. The molecule has 122 valence electrons. The highest BCUT2D eigenvalue weighted by Crippen LogP contribution is 2.24. The fraction of sp³-hybridized carbons (Fsp3) is 0.111. The lowest BCUT2D eigenvalue weighted by atomic mass is 10.2. The van der Waals surface area contributed by atoms with Gasteiger partial charge in [0.2, 0.25) is 0 Å². The molecule has 0 saturated carbocycles. The third-order valence-electron chi connectivity index (χ3n) is 3.45. The lowest BCUT2D eigenvalue weighted by Crippen LogP contribution is -2.30. The Morgan fingerprint density at radius 3 is 2.75 bits per heavy atom. The molecule has 0 spiro atoms. The summed E-state index contributed by atoms with van der Waals surface area (Å²) in [7, 11) is 0. The molecule has 24 heavy (non-hydrogen) atoms.